The molecule has 0 aliphatic heterocycles. The van der Waals surface area contributed by atoms with Gasteiger partial charge in [-0.15, -0.1) is 11.3 Å². The predicted molar refractivity (Wildman–Crippen MR) is 96.2 cm³/mol. The molecule has 0 atom stereocenters. The van der Waals surface area contributed by atoms with E-state index in [1.165, 1.54) is 11.3 Å². The van der Waals surface area contributed by atoms with E-state index < -0.39 is 0 Å². The molecule has 0 saturated heterocycles. The number of hydrogen-bond acceptors (Lipinski definition) is 5. The lowest BCUT2D eigenvalue weighted by Gasteiger charge is -2.05. The molecular formula is C18H17N3OS. The van der Waals surface area contributed by atoms with Crippen LogP contribution in [0.1, 0.15) is 6.92 Å². The molecule has 0 bridgehead atoms. The van der Waals surface area contributed by atoms with Gasteiger partial charge < -0.3 is 4.74 Å². The van der Waals surface area contributed by atoms with Crippen molar-refractivity contribution in [1.29, 1.82) is 0 Å². The predicted octanol–water partition coefficient (Wildman–Crippen LogP) is 4.68. The Labute approximate surface area is 139 Å². The van der Waals surface area contributed by atoms with Crippen molar-refractivity contribution < 1.29 is 4.74 Å². The first-order chi connectivity index (χ1) is 11.3. The van der Waals surface area contributed by atoms with Crippen LogP contribution in [0, 0.1) is 0 Å². The van der Waals surface area contributed by atoms with E-state index in [9.17, 15) is 0 Å². The van der Waals surface area contributed by atoms with Gasteiger partial charge in [0.05, 0.1) is 11.4 Å². The fraction of sp³-hybridized carbons (Fsp3) is 0.111. The first kappa shape index (κ1) is 15.2. The van der Waals surface area contributed by atoms with E-state index in [4.69, 9.17) is 4.74 Å². The standard InChI is InChI=1S/C18H17N3OS/c1-14(12-22-16-10-6-3-7-11-16)20-21-18-19-17(13-23-18)15-8-4-2-5-9-15/h2-11,13H,12H2,1H3,(H,19,21)/b20-14+. The Morgan fingerprint density at radius 3 is 2.52 bits per heavy atom. The van der Waals surface area contributed by atoms with Crippen molar-refractivity contribution >= 4 is 22.2 Å². The first-order valence-corrected chi connectivity index (χ1v) is 8.17. The number of nitrogens with zero attached hydrogens (tertiary/aromatic N) is 2. The van der Waals surface area contributed by atoms with Gasteiger partial charge in [0.1, 0.15) is 12.4 Å². The van der Waals surface area contributed by atoms with Crippen LogP contribution in [-0.4, -0.2) is 17.3 Å². The molecule has 23 heavy (non-hydrogen) atoms. The number of hydrogen-bond donors (Lipinski definition) is 1. The van der Waals surface area contributed by atoms with Crippen LogP contribution in [0.2, 0.25) is 0 Å². The van der Waals surface area contributed by atoms with E-state index in [1.807, 2.05) is 73.0 Å². The third-order valence-electron chi connectivity index (χ3n) is 3.11. The molecule has 0 spiro atoms. The summed E-state index contributed by atoms with van der Waals surface area (Å²) in [6.45, 7) is 2.36. The minimum absolute atomic E-state index is 0.438. The number of benzene rings is 2. The van der Waals surface area contributed by atoms with Gasteiger partial charge in [-0.25, -0.2) is 4.98 Å². The zero-order valence-electron chi connectivity index (χ0n) is 12.8. The van der Waals surface area contributed by atoms with Crippen LogP contribution in [0.25, 0.3) is 11.3 Å². The van der Waals surface area contributed by atoms with Gasteiger partial charge in [0.2, 0.25) is 5.13 Å². The highest BCUT2D eigenvalue weighted by molar-refractivity contribution is 7.14. The molecular weight excluding hydrogens is 306 g/mol. The van der Waals surface area contributed by atoms with Gasteiger partial charge in [0.25, 0.3) is 0 Å². The summed E-state index contributed by atoms with van der Waals surface area (Å²) in [5.41, 5.74) is 5.89. The molecule has 0 saturated carbocycles. The number of nitrogens with one attached hydrogen (secondary N) is 1. The zero-order valence-corrected chi connectivity index (χ0v) is 13.6. The van der Waals surface area contributed by atoms with Crippen molar-refractivity contribution in [2.24, 2.45) is 5.10 Å². The highest BCUT2D eigenvalue weighted by atomic mass is 32.1. The molecule has 5 heteroatoms. The van der Waals surface area contributed by atoms with Crippen molar-refractivity contribution in [3.05, 3.63) is 66.0 Å². The third-order valence-corrected chi connectivity index (χ3v) is 3.85. The van der Waals surface area contributed by atoms with Crippen molar-refractivity contribution in [2.75, 3.05) is 12.0 Å². The number of anilines is 1. The van der Waals surface area contributed by atoms with E-state index in [-0.39, 0.29) is 0 Å². The lowest BCUT2D eigenvalue weighted by Crippen LogP contribution is -2.09. The molecule has 1 N–H and O–H groups in total. The molecule has 0 amide bonds. The molecule has 1 aromatic heterocycles. The van der Waals surface area contributed by atoms with Crippen LogP contribution in [0.15, 0.2) is 71.1 Å². The minimum atomic E-state index is 0.438. The minimum Gasteiger partial charge on any atom is -0.488 e. The molecule has 0 unspecified atom stereocenters. The van der Waals surface area contributed by atoms with Gasteiger partial charge in [-0.3, -0.25) is 5.43 Å². The van der Waals surface area contributed by atoms with E-state index in [2.05, 4.69) is 15.5 Å². The van der Waals surface area contributed by atoms with Gasteiger partial charge in [-0.1, -0.05) is 48.5 Å². The second-order valence-electron chi connectivity index (χ2n) is 4.96. The Morgan fingerprint density at radius 1 is 1.09 bits per heavy atom. The van der Waals surface area contributed by atoms with Crippen LogP contribution in [-0.2, 0) is 0 Å². The largest absolute Gasteiger partial charge is 0.488 e. The molecule has 3 rings (SSSR count). The normalized spacial score (nSPS) is 11.3. The quantitative estimate of drug-likeness (QED) is 0.529. The van der Waals surface area contributed by atoms with Crippen LogP contribution in [0.5, 0.6) is 5.75 Å². The van der Waals surface area contributed by atoms with Crippen molar-refractivity contribution in [1.82, 2.24) is 4.98 Å². The number of thiazole rings is 1. The van der Waals surface area contributed by atoms with Crippen molar-refractivity contribution in [3.63, 3.8) is 0 Å². The maximum Gasteiger partial charge on any atom is 0.203 e. The Balaban J connectivity index is 1.56. The number of ether oxygens (including phenoxy) is 1. The van der Waals surface area contributed by atoms with E-state index in [1.54, 1.807) is 0 Å². The van der Waals surface area contributed by atoms with Crippen LogP contribution in [0.3, 0.4) is 0 Å². The highest BCUT2D eigenvalue weighted by Crippen LogP contribution is 2.24. The number of hydrazone groups is 1. The maximum absolute atomic E-state index is 5.64. The van der Waals surface area contributed by atoms with Crippen LogP contribution < -0.4 is 10.2 Å². The van der Waals surface area contributed by atoms with Gasteiger partial charge in [0.15, 0.2) is 0 Å². The number of para-hydroxylation sites is 1. The summed E-state index contributed by atoms with van der Waals surface area (Å²) in [4.78, 5) is 4.53. The number of aromatic nitrogens is 1. The Bertz CT molecular complexity index is 769. The molecule has 0 aliphatic rings. The average molecular weight is 323 g/mol. The second kappa shape index (κ2) is 7.56. The average Bonchev–Trinajstić information content (AvgIpc) is 3.09. The lowest BCUT2D eigenvalue weighted by atomic mass is 10.2. The van der Waals surface area contributed by atoms with Crippen LogP contribution in [0.4, 0.5) is 5.13 Å². The molecule has 1 heterocycles. The summed E-state index contributed by atoms with van der Waals surface area (Å²) in [6, 6.07) is 19.8. The molecule has 3 aromatic rings. The molecule has 116 valence electrons. The second-order valence-corrected chi connectivity index (χ2v) is 5.82. The Hall–Kier alpha value is -2.66. The van der Waals surface area contributed by atoms with Crippen molar-refractivity contribution in [2.45, 2.75) is 6.92 Å². The number of rotatable bonds is 6. The topological polar surface area (TPSA) is 46.5 Å². The van der Waals surface area contributed by atoms with E-state index >= 15 is 0 Å². The summed E-state index contributed by atoms with van der Waals surface area (Å²) in [7, 11) is 0. The maximum atomic E-state index is 5.64. The van der Waals surface area contributed by atoms with Crippen LogP contribution >= 0.6 is 11.3 Å². The van der Waals surface area contributed by atoms with Gasteiger partial charge >= 0.3 is 0 Å². The highest BCUT2D eigenvalue weighted by Gasteiger charge is 2.03. The van der Waals surface area contributed by atoms with E-state index in [0.29, 0.717) is 6.61 Å². The van der Waals surface area contributed by atoms with Gasteiger partial charge in [-0.2, -0.15) is 5.10 Å². The summed E-state index contributed by atoms with van der Waals surface area (Å²) in [6.07, 6.45) is 0. The third kappa shape index (κ3) is 4.40. The smallest absolute Gasteiger partial charge is 0.203 e. The molecule has 0 aliphatic carbocycles. The zero-order chi connectivity index (χ0) is 15.9. The van der Waals surface area contributed by atoms with E-state index in [0.717, 1.165) is 27.9 Å². The molecule has 0 fully saturated rings. The Kier molecular flexibility index (Phi) is 5.01. The lowest BCUT2D eigenvalue weighted by molar-refractivity contribution is 0.376. The van der Waals surface area contributed by atoms with Gasteiger partial charge in [0, 0.05) is 10.9 Å². The monoisotopic (exact) mass is 323 g/mol. The summed E-state index contributed by atoms with van der Waals surface area (Å²) < 4.78 is 5.64. The summed E-state index contributed by atoms with van der Waals surface area (Å²) in [5, 5.41) is 7.09. The summed E-state index contributed by atoms with van der Waals surface area (Å²) >= 11 is 1.53. The molecule has 4 nitrogen and oxygen atoms in total. The fourth-order valence-electron chi connectivity index (χ4n) is 1.95. The Morgan fingerprint density at radius 2 is 1.78 bits per heavy atom. The molecule has 0 radical (unpaired) electrons. The first-order valence-electron chi connectivity index (χ1n) is 7.29. The van der Waals surface area contributed by atoms with Crippen molar-refractivity contribution in [3.8, 4) is 17.0 Å². The SMILES string of the molecule is C/C(COc1ccccc1)=N\Nc1nc(-c2ccccc2)cs1. The fourth-order valence-corrected chi connectivity index (χ4v) is 2.61. The molecule has 2 aromatic carbocycles. The summed E-state index contributed by atoms with van der Waals surface area (Å²) in [5.74, 6) is 0.836. The van der Waals surface area contributed by atoms with Gasteiger partial charge in [-0.05, 0) is 19.1 Å².